The molecule has 1 aromatic carbocycles. The second-order valence-electron chi connectivity index (χ2n) is 6.48. The van der Waals surface area contributed by atoms with E-state index in [-0.39, 0.29) is 18.2 Å². The van der Waals surface area contributed by atoms with Gasteiger partial charge in [-0.1, -0.05) is 17.7 Å². The fourth-order valence-electron chi connectivity index (χ4n) is 2.88. The molecule has 27 heavy (non-hydrogen) atoms. The van der Waals surface area contributed by atoms with E-state index in [1.165, 1.54) is 7.11 Å². The van der Waals surface area contributed by atoms with Gasteiger partial charge in [0.15, 0.2) is 5.96 Å². The first kappa shape index (κ1) is 21.2. The minimum Gasteiger partial charge on any atom is -0.489 e. The highest BCUT2D eigenvalue weighted by atomic mass is 35.5. The molecule has 0 aliphatic carbocycles. The fraction of sp³-hybridized carbons (Fsp3) is 0.579. The lowest BCUT2D eigenvalue weighted by molar-refractivity contribution is 0.111. The molecule has 7 nitrogen and oxygen atoms in total. The Morgan fingerprint density at radius 2 is 2.15 bits per heavy atom. The topological polar surface area (TPSA) is 75.2 Å². The van der Waals surface area contributed by atoms with Gasteiger partial charge >= 0.3 is 6.09 Å². The summed E-state index contributed by atoms with van der Waals surface area (Å²) in [6, 6.07) is 7.62. The zero-order chi connectivity index (χ0) is 19.6. The Morgan fingerprint density at radius 1 is 1.41 bits per heavy atom. The van der Waals surface area contributed by atoms with Crippen molar-refractivity contribution in [2.75, 3.05) is 33.3 Å². The summed E-state index contributed by atoms with van der Waals surface area (Å²) in [4.78, 5) is 17.9. The molecule has 1 saturated heterocycles. The van der Waals surface area contributed by atoms with Gasteiger partial charge in [-0.05, 0) is 44.9 Å². The van der Waals surface area contributed by atoms with Crippen LogP contribution in [0.15, 0.2) is 29.3 Å². The zero-order valence-electron chi connectivity index (χ0n) is 16.2. The third kappa shape index (κ3) is 7.17. The largest absolute Gasteiger partial charge is 0.489 e. The number of amides is 1. The maximum absolute atomic E-state index is 11.6. The minimum absolute atomic E-state index is 0.0832. The van der Waals surface area contributed by atoms with Gasteiger partial charge in [0.1, 0.15) is 11.9 Å². The molecule has 0 spiro atoms. The van der Waals surface area contributed by atoms with E-state index in [2.05, 4.69) is 15.6 Å². The Balaban J connectivity index is 1.84. The molecule has 8 heteroatoms. The van der Waals surface area contributed by atoms with E-state index < -0.39 is 0 Å². The van der Waals surface area contributed by atoms with Crippen molar-refractivity contribution in [2.24, 2.45) is 4.99 Å². The van der Waals surface area contributed by atoms with Gasteiger partial charge < -0.3 is 25.0 Å². The number of benzene rings is 1. The molecule has 150 valence electrons. The molecule has 1 aromatic rings. The van der Waals surface area contributed by atoms with Gasteiger partial charge in [-0.3, -0.25) is 0 Å². The van der Waals surface area contributed by atoms with Crippen molar-refractivity contribution in [1.29, 1.82) is 0 Å². The van der Waals surface area contributed by atoms with Crippen LogP contribution in [0.25, 0.3) is 0 Å². The Labute approximate surface area is 166 Å². The highest BCUT2D eigenvalue weighted by molar-refractivity contribution is 6.30. The molecule has 0 radical (unpaired) electrons. The summed E-state index contributed by atoms with van der Waals surface area (Å²) in [5.41, 5.74) is 0. The molecular formula is C19H29ClN4O3. The lowest BCUT2D eigenvalue weighted by atomic mass is 10.1. The third-order valence-electron chi connectivity index (χ3n) is 4.25. The summed E-state index contributed by atoms with van der Waals surface area (Å²) in [5.74, 6) is 1.49. The number of carbonyl (C=O) groups is 1. The Bertz CT molecular complexity index is 633. The van der Waals surface area contributed by atoms with Gasteiger partial charge in [-0.2, -0.15) is 0 Å². The molecule has 1 aliphatic heterocycles. The SMILES string of the molecule is CCNC(=NCC(C)Oc1cccc(Cl)c1)NC1CCN(C(=O)OC)CC1. The standard InChI is InChI=1S/C19H29ClN4O3/c1-4-21-18(23-16-8-10-24(11-9-16)19(25)26-3)22-13-14(2)27-17-7-5-6-15(20)12-17/h5-7,12,14,16H,4,8-11,13H2,1-3H3,(H2,21,22,23). The Kier molecular flexibility index (Phi) is 8.51. The third-order valence-corrected chi connectivity index (χ3v) is 4.49. The first-order chi connectivity index (χ1) is 13.0. The number of rotatable bonds is 6. The number of nitrogens with one attached hydrogen (secondary N) is 2. The van der Waals surface area contributed by atoms with Crippen molar-refractivity contribution < 1.29 is 14.3 Å². The van der Waals surface area contributed by atoms with Crippen molar-refractivity contribution in [3.05, 3.63) is 29.3 Å². The van der Waals surface area contributed by atoms with Crippen molar-refractivity contribution in [1.82, 2.24) is 15.5 Å². The molecule has 1 heterocycles. The smallest absolute Gasteiger partial charge is 0.409 e. The van der Waals surface area contributed by atoms with E-state index in [0.29, 0.717) is 24.7 Å². The van der Waals surface area contributed by atoms with Crippen LogP contribution in [-0.4, -0.2) is 62.4 Å². The number of likely N-dealkylation sites (tertiary alicyclic amines) is 1. The number of hydrogen-bond donors (Lipinski definition) is 2. The van der Waals surface area contributed by atoms with Crippen molar-refractivity contribution in [3.63, 3.8) is 0 Å². The fourth-order valence-corrected chi connectivity index (χ4v) is 3.06. The van der Waals surface area contributed by atoms with Crippen LogP contribution in [0.3, 0.4) is 0 Å². The van der Waals surface area contributed by atoms with Crippen molar-refractivity contribution >= 4 is 23.7 Å². The average molecular weight is 397 g/mol. The Morgan fingerprint density at radius 3 is 2.78 bits per heavy atom. The van der Waals surface area contributed by atoms with Gasteiger partial charge in [-0.25, -0.2) is 9.79 Å². The van der Waals surface area contributed by atoms with E-state index in [4.69, 9.17) is 21.1 Å². The van der Waals surface area contributed by atoms with Gasteiger partial charge in [0.2, 0.25) is 0 Å². The molecule has 0 bridgehead atoms. The van der Waals surface area contributed by atoms with Crippen LogP contribution in [0.2, 0.25) is 5.02 Å². The first-order valence-electron chi connectivity index (χ1n) is 9.31. The molecule has 1 amide bonds. The summed E-state index contributed by atoms with van der Waals surface area (Å²) in [7, 11) is 1.41. The van der Waals surface area contributed by atoms with E-state index >= 15 is 0 Å². The predicted molar refractivity (Wildman–Crippen MR) is 108 cm³/mol. The second kappa shape index (κ2) is 10.9. The Hall–Kier alpha value is -2.15. The summed E-state index contributed by atoms with van der Waals surface area (Å²) in [6.07, 6.45) is 1.36. The van der Waals surface area contributed by atoms with E-state index in [1.807, 2.05) is 32.0 Å². The molecule has 2 N–H and O–H groups in total. The number of guanidine groups is 1. The lowest BCUT2D eigenvalue weighted by Crippen LogP contribution is -2.50. The number of carbonyl (C=O) groups excluding carboxylic acids is 1. The zero-order valence-corrected chi connectivity index (χ0v) is 17.0. The second-order valence-corrected chi connectivity index (χ2v) is 6.92. The van der Waals surface area contributed by atoms with E-state index in [1.54, 1.807) is 11.0 Å². The summed E-state index contributed by atoms with van der Waals surface area (Å²) in [6.45, 7) is 6.65. The summed E-state index contributed by atoms with van der Waals surface area (Å²) in [5, 5.41) is 7.36. The van der Waals surface area contributed by atoms with Crippen LogP contribution in [0.1, 0.15) is 26.7 Å². The van der Waals surface area contributed by atoms with Crippen molar-refractivity contribution in [3.8, 4) is 5.75 Å². The maximum Gasteiger partial charge on any atom is 0.409 e. The van der Waals surface area contributed by atoms with Gasteiger partial charge in [0.05, 0.1) is 13.7 Å². The molecule has 1 fully saturated rings. The van der Waals surface area contributed by atoms with E-state index in [9.17, 15) is 4.79 Å². The predicted octanol–water partition coefficient (Wildman–Crippen LogP) is 2.89. The van der Waals surface area contributed by atoms with Crippen LogP contribution >= 0.6 is 11.6 Å². The van der Waals surface area contributed by atoms with Crippen LogP contribution in [0, 0.1) is 0 Å². The van der Waals surface area contributed by atoms with Gasteiger partial charge in [-0.15, -0.1) is 0 Å². The molecule has 2 rings (SSSR count). The molecule has 1 atom stereocenters. The number of halogens is 1. The minimum atomic E-state index is -0.263. The molecule has 1 unspecified atom stereocenters. The average Bonchev–Trinajstić information content (AvgIpc) is 2.66. The number of piperidine rings is 1. The van der Waals surface area contributed by atoms with Crippen LogP contribution in [-0.2, 0) is 4.74 Å². The first-order valence-corrected chi connectivity index (χ1v) is 9.69. The number of nitrogens with zero attached hydrogens (tertiary/aromatic N) is 2. The quantitative estimate of drug-likeness (QED) is 0.571. The van der Waals surface area contributed by atoms with Gasteiger partial charge in [0, 0.05) is 30.7 Å². The molecule has 0 saturated carbocycles. The van der Waals surface area contributed by atoms with Crippen LogP contribution in [0.4, 0.5) is 4.79 Å². The monoisotopic (exact) mass is 396 g/mol. The number of ether oxygens (including phenoxy) is 2. The molecular weight excluding hydrogens is 368 g/mol. The lowest BCUT2D eigenvalue weighted by Gasteiger charge is -2.32. The highest BCUT2D eigenvalue weighted by Crippen LogP contribution is 2.18. The van der Waals surface area contributed by atoms with Crippen molar-refractivity contribution in [2.45, 2.75) is 38.8 Å². The number of methoxy groups -OCH3 is 1. The van der Waals surface area contributed by atoms with E-state index in [0.717, 1.165) is 31.1 Å². The normalized spacial score (nSPS) is 16.6. The number of aliphatic imine (C=N–C) groups is 1. The molecule has 1 aliphatic rings. The van der Waals surface area contributed by atoms with Gasteiger partial charge in [0.25, 0.3) is 0 Å². The number of hydrogen-bond acceptors (Lipinski definition) is 4. The highest BCUT2D eigenvalue weighted by Gasteiger charge is 2.23. The summed E-state index contributed by atoms with van der Waals surface area (Å²) < 4.78 is 10.6. The molecule has 0 aromatic heterocycles. The summed E-state index contributed by atoms with van der Waals surface area (Å²) >= 11 is 5.98. The maximum atomic E-state index is 11.6. The van der Waals surface area contributed by atoms with Crippen LogP contribution < -0.4 is 15.4 Å². The van der Waals surface area contributed by atoms with Crippen LogP contribution in [0.5, 0.6) is 5.75 Å².